The van der Waals surface area contributed by atoms with Crippen LogP contribution in [-0.2, 0) is 6.42 Å². The van der Waals surface area contributed by atoms with E-state index in [0.29, 0.717) is 23.6 Å². The molecule has 4 nitrogen and oxygen atoms in total. The zero-order chi connectivity index (χ0) is 14.8. The zero-order valence-corrected chi connectivity index (χ0v) is 13.4. The monoisotopic (exact) mass is 279 g/mol. The van der Waals surface area contributed by atoms with Crippen LogP contribution in [-0.4, -0.2) is 16.2 Å². The standard InChI is InChI=1S/C16H29N3O/c1-5-13(17)10-14-18-15(19-20-14)11-6-8-12(9-7-11)16(2,3)4/h11-13H,5-10,17H2,1-4H3. The van der Waals surface area contributed by atoms with E-state index >= 15 is 0 Å². The van der Waals surface area contributed by atoms with Gasteiger partial charge in [0.2, 0.25) is 5.89 Å². The molecule has 1 aliphatic rings. The second-order valence-electron chi connectivity index (χ2n) is 7.33. The number of hydrogen-bond acceptors (Lipinski definition) is 4. The lowest BCUT2D eigenvalue weighted by molar-refractivity contribution is 0.166. The van der Waals surface area contributed by atoms with Crippen LogP contribution < -0.4 is 5.73 Å². The zero-order valence-electron chi connectivity index (χ0n) is 13.4. The van der Waals surface area contributed by atoms with E-state index in [0.717, 1.165) is 18.2 Å². The molecule has 0 bridgehead atoms. The van der Waals surface area contributed by atoms with Gasteiger partial charge in [-0.15, -0.1) is 0 Å². The maximum Gasteiger partial charge on any atom is 0.228 e. The molecule has 0 amide bonds. The number of rotatable bonds is 4. The molecule has 1 aromatic rings. The Kier molecular flexibility index (Phi) is 4.84. The van der Waals surface area contributed by atoms with Gasteiger partial charge in [0.1, 0.15) is 0 Å². The molecule has 0 aliphatic heterocycles. The molecule has 0 saturated heterocycles. The summed E-state index contributed by atoms with van der Waals surface area (Å²) >= 11 is 0. The van der Waals surface area contributed by atoms with Crippen molar-refractivity contribution < 1.29 is 4.52 Å². The molecule has 1 aliphatic carbocycles. The summed E-state index contributed by atoms with van der Waals surface area (Å²) in [5.74, 6) is 2.89. The molecule has 1 heterocycles. The summed E-state index contributed by atoms with van der Waals surface area (Å²) in [6, 6.07) is 0.125. The van der Waals surface area contributed by atoms with Gasteiger partial charge in [-0.05, 0) is 43.4 Å². The molecule has 1 unspecified atom stereocenters. The van der Waals surface area contributed by atoms with Gasteiger partial charge in [0.25, 0.3) is 0 Å². The highest BCUT2D eigenvalue weighted by Gasteiger charge is 2.32. The molecule has 1 saturated carbocycles. The molecule has 20 heavy (non-hydrogen) atoms. The van der Waals surface area contributed by atoms with Gasteiger partial charge in [-0.2, -0.15) is 4.98 Å². The van der Waals surface area contributed by atoms with Crippen molar-refractivity contribution in [2.75, 3.05) is 0 Å². The van der Waals surface area contributed by atoms with Crippen LogP contribution in [0, 0.1) is 11.3 Å². The average Bonchev–Trinajstić information content (AvgIpc) is 2.86. The summed E-state index contributed by atoms with van der Waals surface area (Å²) in [4.78, 5) is 4.55. The number of hydrogen-bond donors (Lipinski definition) is 1. The first-order valence-corrected chi connectivity index (χ1v) is 7.98. The Hall–Kier alpha value is -0.900. The molecular weight excluding hydrogens is 250 g/mol. The van der Waals surface area contributed by atoms with Crippen LogP contribution in [0.3, 0.4) is 0 Å². The second kappa shape index (κ2) is 6.25. The molecule has 0 aromatic carbocycles. The summed E-state index contributed by atoms with van der Waals surface area (Å²) in [7, 11) is 0. The number of nitrogens with zero attached hydrogens (tertiary/aromatic N) is 2. The van der Waals surface area contributed by atoms with Crippen molar-refractivity contribution in [3.8, 4) is 0 Å². The minimum absolute atomic E-state index is 0.125. The molecule has 2 N–H and O–H groups in total. The first-order chi connectivity index (χ1) is 9.40. The first kappa shape index (κ1) is 15.5. The first-order valence-electron chi connectivity index (χ1n) is 7.98. The third-order valence-corrected chi connectivity index (χ3v) is 4.76. The van der Waals surface area contributed by atoms with Crippen LogP contribution >= 0.6 is 0 Å². The van der Waals surface area contributed by atoms with E-state index < -0.39 is 0 Å². The summed E-state index contributed by atoms with van der Waals surface area (Å²) in [5.41, 5.74) is 6.35. The van der Waals surface area contributed by atoms with E-state index in [2.05, 4.69) is 37.8 Å². The second-order valence-corrected chi connectivity index (χ2v) is 7.33. The average molecular weight is 279 g/mol. The molecule has 1 atom stereocenters. The molecule has 4 heteroatoms. The fourth-order valence-electron chi connectivity index (χ4n) is 3.10. The van der Waals surface area contributed by atoms with Gasteiger partial charge in [-0.3, -0.25) is 0 Å². The molecule has 0 spiro atoms. The van der Waals surface area contributed by atoms with Gasteiger partial charge in [-0.1, -0.05) is 32.9 Å². The van der Waals surface area contributed by atoms with Crippen LogP contribution in [0.1, 0.15) is 77.4 Å². The SMILES string of the molecule is CCC(N)Cc1nc(C2CCC(C(C)(C)C)CC2)no1. The number of aromatic nitrogens is 2. The highest BCUT2D eigenvalue weighted by Crippen LogP contribution is 2.42. The van der Waals surface area contributed by atoms with Gasteiger partial charge in [0.05, 0.1) is 0 Å². The molecular formula is C16H29N3O. The summed E-state index contributed by atoms with van der Waals surface area (Å²) in [6.07, 6.45) is 6.54. The Morgan fingerprint density at radius 2 is 1.90 bits per heavy atom. The van der Waals surface area contributed by atoms with Crippen molar-refractivity contribution in [2.45, 2.75) is 78.2 Å². The van der Waals surface area contributed by atoms with Crippen molar-refractivity contribution >= 4 is 0 Å². The largest absolute Gasteiger partial charge is 0.339 e. The molecule has 0 radical (unpaired) electrons. The predicted molar refractivity (Wildman–Crippen MR) is 80.4 cm³/mol. The van der Waals surface area contributed by atoms with E-state index in [-0.39, 0.29) is 6.04 Å². The van der Waals surface area contributed by atoms with E-state index in [1.165, 1.54) is 25.7 Å². The Morgan fingerprint density at radius 3 is 2.45 bits per heavy atom. The van der Waals surface area contributed by atoms with Gasteiger partial charge < -0.3 is 10.3 Å². The molecule has 114 valence electrons. The minimum Gasteiger partial charge on any atom is -0.339 e. The van der Waals surface area contributed by atoms with Gasteiger partial charge in [0, 0.05) is 18.4 Å². The van der Waals surface area contributed by atoms with Crippen molar-refractivity contribution in [2.24, 2.45) is 17.1 Å². The van der Waals surface area contributed by atoms with Crippen LogP contribution in [0.15, 0.2) is 4.52 Å². The van der Waals surface area contributed by atoms with Crippen LogP contribution in [0.5, 0.6) is 0 Å². The van der Waals surface area contributed by atoms with Crippen molar-refractivity contribution in [3.63, 3.8) is 0 Å². The predicted octanol–water partition coefficient (Wildman–Crippen LogP) is 3.67. The Balaban J connectivity index is 1.91. The Morgan fingerprint density at radius 1 is 1.25 bits per heavy atom. The third-order valence-electron chi connectivity index (χ3n) is 4.76. The fourth-order valence-corrected chi connectivity index (χ4v) is 3.10. The van der Waals surface area contributed by atoms with E-state index in [9.17, 15) is 0 Å². The topological polar surface area (TPSA) is 64.9 Å². The smallest absolute Gasteiger partial charge is 0.228 e. The van der Waals surface area contributed by atoms with E-state index in [1.54, 1.807) is 0 Å². The van der Waals surface area contributed by atoms with Gasteiger partial charge in [-0.25, -0.2) is 0 Å². The summed E-state index contributed by atoms with van der Waals surface area (Å²) in [5, 5.41) is 4.17. The van der Waals surface area contributed by atoms with Gasteiger partial charge >= 0.3 is 0 Å². The maximum absolute atomic E-state index is 5.93. The number of nitrogens with two attached hydrogens (primary N) is 1. The Bertz CT molecular complexity index is 414. The highest BCUT2D eigenvalue weighted by molar-refractivity contribution is 4.99. The molecule has 1 fully saturated rings. The third kappa shape index (κ3) is 3.81. The van der Waals surface area contributed by atoms with Crippen LogP contribution in [0.4, 0.5) is 0 Å². The minimum atomic E-state index is 0.125. The molecule has 1 aromatic heterocycles. The normalized spacial score (nSPS) is 25.6. The maximum atomic E-state index is 5.93. The lowest BCUT2D eigenvalue weighted by atomic mass is 9.70. The molecule has 2 rings (SSSR count). The summed E-state index contributed by atoms with van der Waals surface area (Å²) < 4.78 is 5.34. The van der Waals surface area contributed by atoms with Crippen molar-refractivity contribution in [3.05, 3.63) is 11.7 Å². The van der Waals surface area contributed by atoms with Crippen molar-refractivity contribution in [1.29, 1.82) is 0 Å². The van der Waals surface area contributed by atoms with E-state index in [1.807, 2.05) is 0 Å². The van der Waals surface area contributed by atoms with E-state index in [4.69, 9.17) is 10.3 Å². The van der Waals surface area contributed by atoms with Crippen LogP contribution in [0.25, 0.3) is 0 Å². The highest BCUT2D eigenvalue weighted by atomic mass is 16.5. The lowest BCUT2D eigenvalue weighted by Crippen LogP contribution is -2.25. The fraction of sp³-hybridized carbons (Fsp3) is 0.875. The van der Waals surface area contributed by atoms with Crippen molar-refractivity contribution in [1.82, 2.24) is 10.1 Å². The van der Waals surface area contributed by atoms with Gasteiger partial charge in [0.15, 0.2) is 5.82 Å². The Labute approximate surface area is 122 Å². The quantitative estimate of drug-likeness (QED) is 0.913. The van der Waals surface area contributed by atoms with Crippen LogP contribution in [0.2, 0.25) is 0 Å². The summed E-state index contributed by atoms with van der Waals surface area (Å²) in [6.45, 7) is 9.11. The lowest BCUT2D eigenvalue weighted by Gasteiger charge is -2.36.